The molecule has 0 unspecified atom stereocenters. The fourth-order valence-corrected chi connectivity index (χ4v) is 4.14. The molecule has 0 saturated heterocycles. The van der Waals surface area contributed by atoms with Crippen LogP contribution in [0.15, 0.2) is 42.5 Å². The molecule has 2 atom stereocenters. The number of aromatic nitrogens is 3. The third-order valence-corrected chi connectivity index (χ3v) is 6.00. The summed E-state index contributed by atoms with van der Waals surface area (Å²) in [5.41, 5.74) is -1.44. The van der Waals surface area contributed by atoms with Gasteiger partial charge in [0.25, 0.3) is 0 Å². The first-order valence-corrected chi connectivity index (χ1v) is 10.3. The van der Waals surface area contributed by atoms with E-state index in [1.54, 1.807) is 23.7 Å². The number of fused-ring (bicyclic) bond motifs is 1. The molecule has 4 N–H and O–H groups in total. The van der Waals surface area contributed by atoms with Crippen molar-refractivity contribution in [2.24, 2.45) is 5.84 Å². The number of benzene rings is 2. The zero-order valence-electron chi connectivity index (χ0n) is 17.9. The van der Waals surface area contributed by atoms with E-state index in [-0.39, 0.29) is 24.5 Å². The summed E-state index contributed by atoms with van der Waals surface area (Å²) in [7, 11) is 0. The van der Waals surface area contributed by atoms with Gasteiger partial charge in [0.15, 0.2) is 5.82 Å². The molecule has 1 aromatic heterocycles. The van der Waals surface area contributed by atoms with E-state index in [4.69, 9.17) is 11.3 Å². The van der Waals surface area contributed by atoms with Crippen molar-refractivity contribution < 1.29 is 18.3 Å². The van der Waals surface area contributed by atoms with Crippen LogP contribution in [0.25, 0.3) is 11.4 Å². The average molecular weight is 459 g/mol. The monoisotopic (exact) mass is 459 g/mol. The molecule has 0 spiro atoms. The summed E-state index contributed by atoms with van der Waals surface area (Å²) < 4.78 is 43.5. The molecule has 2 heterocycles. The molecule has 1 aliphatic rings. The summed E-state index contributed by atoms with van der Waals surface area (Å²) in [6, 6.07) is 8.26. The summed E-state index contributed by atoms with van der Waals surface area (Å²) in [5.74, 6) is 4.69. The molecule has 0 fully saturated rings. The van der Waals surface area contributed by atoms with Gasteiger partial charge in [0.1, 0.15) is 28.9 Å². The first-order chi connectivity index (χ1) is 15.7. The van der Waals surface area contributed by atoms with Gasteiger partial charge >= 0.3 is 0 Å². The molecule has 0 aliphatic carbocycles. The van der Waals surface area contributed by atoms with Gasteiger partial charge in [-0.3, -0.25) is 15.3 Å². The molecular formula is C22H24F3N7O. The Morgan fingerprint density at radius 3 is 2.67 bits per heavy atom. The molecule has 4 rings (SSSR count). The number of aliphatic hydroxyl groups is 1. The van der Waals surface area contributed by atoms with Gasteiger partial charge in [-0.2, -0.15) is 5.10 Å². The molecule has 0 radical (unpaired) electrons. The summed E-state index contributed by atoms with van der Waals surface area (Å²) in [5, 5.41) is 24.4. The van der Waals surface area contributed by atoms with Crippen LogP contribution in [-0.2, 0) is 18.7 Å². The second kappa shape index (κ2) is 8.93. The Labute approximate surface area is 188 Å². The second-order valence-electron chi connectivity index (χ2n) is 8.08. The van der Waals surface area contributed by atoms with E-state index in [0.29, 0.717) is 36.4 Å². The fraction of sp³-hybridized carbons (Fsp3) is 0.318. The Kier molecular flexibility index (Phi) is 6.19. The Bertz CT molecular complexity index is 1170. The Balaban J connectivity index is 1.64. The Morgan fingerprint density at radius 1 is 1.21 bits per heavy atom. The normalized spacial score (nSPS) is 16.7. The van der Waals surface area contributed by atoms with Gasteiger partial charge in [-0.25, -0.2) is 28.7 Å². The molecule has 2 aromatic carbocycles. The maximum absolute atomic E-state index is 14.7. The van der Waals surface area contributed by atoms with E-state index in [9.17, 15) is 18.3 Å². The standard InChI is InChI=1S/C22H24F3N7O/c1-14(22(33,12-31(27)13-26)18-6-5-17(24)10-19(18)25)30-7-8-32-20(11-30)28-21(29-32)15-3-2-4-16(23)9-15/h2-6,9-10,13-14,26,33H,7-8,11-12,27H2,1H3/t14-,22-/m1/s1. The molecule has 174 valence electrons. The fourth-order valence-electron chi connectivity index (χ4n) is 4.14. The minimum Gasteiger partial charge on any atom is -0.381 e. The van der Waals surface area contributed by atoms with Crippen LogP contribution in [0.3, 0.4) is 0 Å². The van der Waals surface area contributed by atoms with Crippen molar-refractivity contribution in [3.05, 3.63) is 71.3 Å². The van der Waals surface area contributed by atoms with E-state index in [1.165, 1.54) is 18.2 Å². The van der Waals surface area contributed by atoms with Gasteiger partial charge in [0, 0.05) is 29.8 Å². The quantitative estimate of drug-likeness (QED) is 0.217. The lowest BCUT2D eigenvalue weighted by atomic mass is 9.85. The topological polar surface area (TPSA) is 107 Å². The summed E-state index contributed by atoms with van der Waals surface area (Å²) >= 11 is 0. The minimum atomic E-state index is -1.86. The maximum atomic E-state index is 14.7. The summed E-state index contributed by atoms with van der Waals surface area (Å²) in [6.07, 6.45) is 0.817. The molecule has 0 bridgehead atoms. The number of rotatable bonds is 7. The number of hydrazine groups is 1. The smallest absolute Gasteiger partial charge is 0.181 e. The number of nitrogens with zero attached hydrogens (tertiary/aromatic N) is 5. The lowest BCUT2D eigenvalue weighted by molar-refractivity contribution is -0.0684. The maximum Gasteiger partial charge on any atom is 0.181 e. The second-order valence-corrected chi connectivity index (χ2v) is 8.08. The lowest BCUT2D eigenvalue weighted by Crippen LogP contribution is -2.57. The highest BCUT2D eigenvalue weighted by molar-refractivity contribution is 5.54. The van der Waals surface area contributed by atoms with E-state index in [0.717, 1.165) is 17.4 Å². The van der Waals surface area contributed by atoms with Crippen LogP contribution in [0, 0.1) is 22.9 Å². The Morgan fingerprint density at radius 2 is 1.97 bits per heavy atom. The van der Waals surface area contributed by atoms with Crippen molar-refractivity contribution >= 4 is 6.34 Å². The summed E-state index contributed by atoms with van der Waals surface area (Å²) in [6.45, 7) is 2.60. The number of halogens is 3. The lowest BCUT2D eigenvalue weighted by Gasteiger charge is -2.43. The van der Waals surface area contributed by atoms with Crippen LogP contribution in [-0.4, -0.2) is 55.2 Å². The van der Waals surface area contributed by atoms with Crippen molar-refractivity contribution in [1.82, 2.24) is 24.7 Å². The van der Waals surface area contributed by atoms with Crippen LogP contribution < -0.4 is 5.84 Å². The average Bonchev–Trinajstić information content (AvgIpc) is 3.21. The highest BCUT2D eigenvalue weighted by Gasteiger charge is 2.43. The van der Waals surface area contributed by atoms with E-state index in [1.807, 2.05) is 4.90 Å². The van der Waals surface area contributed by atoms with Crippen molar-refractivity contribution in [3.8, 4) is 11.4 Å². The Hall–Kier alpha value is -3.28. The van der Waals surface area contributed by atoms with Crippen LogP contribution in [0.4, 0.5) is 13.2 Å². The largest absolute Gasteiger partial charge is 0.381 e. The number of nitrogens with one attached hydrogen (secondary N) is 1. The first-order valence-electron chi connectivity index (χ1n) is 10.3. The third-order valence-electron chi connectivity index (χ3n) is 6.00. The van der Waals surface area contributed by atoms with Crippen LogP contribution in [0.1, 0.15) is 18.3 Å². The first kappa shape index (κ1) is 22.9. The SMILES string of the molecule is C[C@@H](N1CCn2nc(-c3cccc(F)c3)nc2C1)[C@](O)(CN(N)C=N)c1ccc(F)cc1F. The van der Waals surface area contributed by atoms with Crippen molar-refractivity contribution in [2.75, 3.05) is 13.1 Å². The van der Waals surface area contributed by atoms with Crippen molar-refractivity contribution in [1.29, 1.82) is 5.41 Å². The highest BCUT2D eigenvalue weighted by atomic mass is 19.1. The van der Waals surface area contributed by atoms with E-state index < -0.39 is 23.3 Å². The zero-order chi connectivity index (χ0) is 23.8. The predicted octanol–water partition coefficient (Wildman–Crippen LogP) is 2.24. The van der Waals surface area contributed by atoms with Gasteiger partial charge < -0.3 is 5.11 Å². The van der Waals surface area contributed by atoms with Gasteiger partial charge in [-0.15, -0.1) is 0 Å². The molecule has 0 saturated carbocycles. The third kappa shape index (κ3) is 4.47. The predicted molar refractivity (Wildman–Crippen MR) is 115 cm³/mol. The van der Waals surface area contributed by atoms with Crippen molar-refractivity contribution in [3.63, 3.8) is 0 Å². The highest BCUT2D eigenvalue weighted by Crippen LogP contribution is 2.33. The van der Waals surface area contributed by atoms with Crippen LogP contribution in [0.2, 0.25) is 0 Å². The number of hydrogen-bond donors (Lipinski definition) is 3. The molecule has 3 aromatic rings. The van der Waals surface area contributed by atoms with Crippen molar-refractivity contribution in [2.45, 2.75) is 31.7 Å². The zero-order valence-corrected chi connectivity index (χ0v) is 17.9. The van der Waals surface area contributed by atoms with E-state index in [2.05, 4.69) is 10.1 Å². The molecule has 11 heteroatoms. The summed E-state index contributed by atoms with van der Waals surface area (Å²) in [4.78, 5) is 6.41. The van der Waals surface area contributed by atoms with Gasteiger partial charge in [-0.05, 0) is 25.1 Å². The molecule has 8 nitrogen and oxygen atoms in total. The molecule has 1 aliphatic heterocycles. The molecule has 0 amide bonds. The van der Waals surface area contributed by atoms with E-state index >= 15 is 0 Å². The van der Waals surface area contributed by atoms with Gasteiger partial charge in [0.2, 0.25) is 0 Å². The number of hydrogen-bond acceptors (Lipinski definition) is 6. The number of nitrogens with two attached hydrogens (primary N) is 1. The van der Waals surface area contributed by atoms with Crippen LogP contribution in [0.5, 0.6) is 0 Å². The van der Waals surface area contributed by atoms with Gasteiger partial charge in [0.05, 0.1) is 26.0 Å². The molecular weight excluding hydrogens is 435 g/mol. The van der Waals surface area contributed by atoms with Gasteiger partial charge in [-0.1, -0.05) is 18.2 Å². The minimum absolute atomic E-state index is 0.124. The van der Waals surface area contributed by atoms with Crippen LogP contribution >= 0.6 is 0 Å². The molecule has 33 heavy (non-hydrogen) atoms.